The van der Waals surface area contributed by atoms with E-state index in [-0.39, 0.29) is 43.0 Å². The molecular formula is C29H35BrF2N8O. The highest BCUT2D eigenvalue weighted by Crippen LogP contribution is 2.51. The van der Waals surface area contributed by atoms with Gasteiger partial charge in [-0.15, -0.1) is 10.2 Å². The topological polar surface area (TPSA) is 76.6 Å². The predicted octanol–water partition coefficient (Wildman–Crippen LogP) is 5.41. The van der Waals surface area contributed by atoms with Crippen molar-refractivity contribution < 1.29 is 13.5 Å². The van der Waals surface area contributed by atoms with Gasteiger partial charge in [-0.2, -0.15) is 4.98 Å². The highest BCUT2D eigenvalue weighted by atomic mass is 79.9. The molecule has 12 heteroatoms. The predicted molar refractivity (Wildman–Crippen MR) is 155 cm³/mol. The molecule has 1 saturated carbocycles. The number of anilines is 1. The average molecular weight is 630 g/mol. The second-order valence-electron chi connectivity index (χ2n) is 12.1. The second-order valence-corrected chi connectivity index (χ2v) is 13.0. The van der Waals surface area contributed by atoms with Crippen LogP contribution in [-0.4, -0.2) is 77.8 Å². The molecule has 3 aliphatic rings. The van der Waals surface area contributed by atoms with Crippen LogP contribution in [0.15, 0.2) is 35.1 Å². The van der Waals surface area contributed by atoms with E-state index in [0.29, 0.717) is 12.3 Å². The summed E-state index contributed by atoms with van der Waals surface area (Å²) in [6.07, 6.45) is 3.83. The number of aromatic nitrogens is 6. The van der Waals surface area contributed by atoms with Crippen LogP contribution in [0.4, 0.5) is 14.6 Å². The third-order valence-electron chi connectivity index (χ3n) is 9.16. The molecule has 0 spiro atoms. The molecule has 0 amide bonds. The van der Waals surface area contributed by atoms with Gasteiger partial charge in [-0.1, -0.05) is 28.1 Å². The Morgan fingerprint density at radius 1 is 1.10 bits per heavy atom. The number of fused-ring (bicyclic) bond motifs is 3. The molecule has 2 aliphatic heterocycles. The highest BCUT2D eigenvalue weighted by Gasteiger charge is 2.51. The number of alkyl halides is 2. The van der Waals surface area contributed by atoms with Crippen LogP contribution in [0.5, 0.6) is 0 Å². The minimum atomic E-state index is -2.57. The molecule has 5 heterocycles. The van der Waals surface area contributed by atoms with Gasteiger partial charge in [-0.3, -0.25) is 4.90 Å². The van der Waals surface area contributed by atoms with Gasteiger partial charge in [-0.25, -0.2) is 18.2 Å². The van der Waals surface area contributed by atoms with Crippen molar-refractivity contribution in [3.63, 3.8) is 0 Å². The van der Waals surface area contributed by atoms with E-state index in [1.54, 1.807) is 6.33 Å². The summed E-state index contributed by atoms with van der Waals surface area (Å²) >= 11 is 3.52. The SMILES string of the molecule is Cc1nc2c(N3C[C@@H](C)N(C(c4ccc(Br)cc4)C4CC(F)(F)C4)C[C@@H]3C)nc3nncn3c2n1C[C@@H]1CCCO1. The summed E-state index contributed by atoms with van der Waals surface area (Å²) in [5.74, 6) is -0.420. The zero-order valence-electron chi connectivity index (χ0n) is 23.6. The maximum absolute atomic E-state index is 14.1. The fraction of sp³-hybridized carbons (Fsp3) is 0.586. The Hall–Kier alpha value is -2.70. The number of benzene rings is 1. The lowest BCUT2D eigenvalue weighted by atomic mass is 9.73. The monoisotopic (exact) mass is 628 g/mol. The summed E-state index contributed by atoms with van der Waals surface area (Å²) in [5, 5.41) is 8.48. The molecular weight excluding hydrogens is 594 g/mol. The van der Waals surface area contributed by atoms with Gasteiger partial charge in [0.1, 0.15) is 17.7 Å². The van der Waals surface area contributed by atoms with E-state index in [0.717, 1.165) is 65.4 Å². The van der Waals surface area contributed by atoms with Gasteiger partial charge in [0.25, 0.3) is 5.78 Å². The molecule has 4 atom stereocenters. The quantitative estimate of drug-likeness (QED) is 0.283. The van der Waals surface area contributed by atoms with Crippen molar-refractivity contribution in [3.8, 4) is 0 Å². The number of halogens is 3. The Kier molecular flexibility index (Phi) is 6.78. The summed E-state index contributed by atoms with van der Waals surface area (Å²) in [6, 6.07) is 8.28. The normalized spacial score (nSPS) is 26.2. The third kappa shape index (κ3) is 4.81. The fourth-order valence-corrected chi connectivity index (χ4v) is 7.39. The first-order valence-electron chi connectivity index (χ1n) is 14.5. The highest BCUT2D eigenvalue weighted by molar-refractivity contribution is 9.10. The smallest absolute Gasteiger partial charge is 0.258 e. The van der Waals surface area contributed by atoms with Crippen LogP contribution < -0.4 is 4.90 Å². The largest absolute Gasteiger partial charge is 0.376 e. The van der Waals surface area contributed by atoms with Crippen molar-refractivity contribution in [2.24, 2.45) is 5.92 Å². The molecule has 7 rings (SSSR count). The summed E-state index contributed by atoms with van der Waals surface area (Å²) in [5.41, 5.74) is 2.84. The molecule has 0 radical (unpaired) electrons. The minimum Gasteiger partial charge on any atom is -0.376 e. The first-order chi connectivity index (χ1) is 19.7. The van der Waals surface area contributed by atoms with Gasteiger partial charge in [-0.05, 0) is 57.2 Å². The second kappa shape index (κ2) is 10.2. The first kappa shape index (κ1) is 27.2. The zero-order chi connectivity index (χ0) is 28.5. The zero-order valence-corrected chi connectivity index (χ0v) is 25.1. The number of hydrogen-bond donors (Lipinski definition) is 0. The number of imidazole rings is 1. The van der Waals surface area contributed by atoms with Crippen LogP contribution in [-0.2, 0) is 11.3 Å². The van der Waals surface area contributed by atoms with Crippen molar-refractivity contribution >= 4 is 38.7 Å². The van der Waals surface area contributed by atoms with Crippen LogP contribution in [0.25, 0.3) is 16.9 Å². The van der Waals surface area contributed by atoms with Crippen LogP contribution in [0.1, 0.15) is 57.0 Å². The first-order valence-corrected chi connectivity index (χ1v) is 15.3. The molecule has 218 valence electrons. The van der Waals surface area contributed by atoms with E-state index in [1.165, 1.54) is 0 Å². The van der Waals surface area contributed by atoms with Crippen molar-refractivity contribution in [1.82, 2.24) is 34.0 Å². The summed E-state index contributed by atoms with van der Waals surface area (Å²) in [4.78, 5) is 14.7. The fourth-order valence-electron chi connectivity index (χ4n) is 7.12. The van der Waals surface area contributed by atoms with E-state index in [1.807, 2.05) is 23.5 Å². The van der Waals surface area contributed by atoms with Crippen molar-refractivity contribution in [1.29, 1.82) is 0 Å². The molecule has 0 bridgehead atoms. The van der Waals surface area contributed by atoms with Crippen molar-refractivity contribution in [2.75, 3.05) is 24.6 Å². The van der Waals surface area contributed by atoms with Crippen molar-refractivity contribution in [2.45, 2.75) is 83.2 Å². The Morgan fingerprint density at radius 3 is 2.59 bits per heavy atom. The van der Waals surface area contributed by atoms with Gasteiger partial charge in [0, 0.05) is 55.1 Å². The molecule has 2 saturated heterocycles. The Bertz CT molecular complexity index is 1560. The van der Waals surface area contributed by atoms with E-state index < -0.39 is 5.92 Å². The Balaban J connectivity index is 1.23. The van der Waals surface area contributed by atoms with Gasteiger partial charge in [0.05, 0.1) is 12.6 Å². The molecule has 3 aromatic heterocycles. The molecule has 0 N–H and O–H groups in total. The number of ether oxygens (including phenoxy) is 1. The van der Waals surface area contributed by atoms with Crippen LogP contribution in [0, 0.1) is 12.8 Å². The van der Waals surface area contributed by atoms with Gasteiger partial charge >= 0.3 is 0 Å². The number of piperazine rings is 1. The molecule has 1 unspecified atom stereocenters. The molecule has 3 fully saturated rings. The van der Waals surface area contributed by atoms with Crippen molar-refractivity contribution in [3.05, 3.63) is 46.5 Å². The number of aryl methyl sites for hydroxylation is 1. The molecule has 1 aliphatic carbocycles. The van der Waals surface area contributed by atoms with Gasteiger partial charge in [0.15, 0.2) is 11.5 Å². The summed E-state index contributed by atoms with van der Waals surface area (Å²) < 4.78 is 39.2. The Labute approximate surface area is 246 Å². The molecule has 1 aromatic carbocycles. The number of nitrogens with zero attached hydrogens (tertiary/aromatic N) is 8. The number of hydrogen-bond acceptors (Lipinski definition) is 7. The van der Waals surface area contributed by atoms with Gasteiger partial charge < -0.3 is 14.2 Å². The molecule has 4 aromatic rings. The lowest BCUT2D eigenvalue weighted by molar-refractivity contribution is -0.137. The molecule has 9 nitrogen and oxygen atoms in total. The lowest BCUT2D eigenvalue weighted by Crippen LogP contribution is -2.59. The summed E-state index contributed by atoms with van der Waals surface area (Å²) in [6.45, 7) is 9.34. The maximum Gasteiger partial charge on any atom is 0.258 e. The minimum absolute atomic E-state index is 0.0673. The van der Waals surface area contributed by atoms with E-state index >= 15 is 0 Å². The molecule has 41 heavy (non-hydrogen) atoms. The van der Waals surface area contributed by atoms with Gasteiger partial charge in [0.2, 0.25) is 5.92 Å². The lowest BCUT2D eigenvalue weighted by Gasteiger charge is -2.52. The van der Waals surface area contributed by atoms with Crippen LogP contribution >= 0.6 is 15.9 Å². The van der Waals surface area contributed by atoms with Crippen LogP contribution in [0.2, 0.25) is 0 Å². The Morgan fingerprint density at radius 2 is 1.88 bits per heavy atom. The van der Waals surface area contributed by atoms with E-state index in [2.05, 4.69) is 66.5 Å². The van der Waals surface area contributed by atoms with Crippen LogP contribution in [0.3, 0.4) is 0 Å². The average Bonchev–Trinajstić information content (AvgIpc) is 3.67. The van der Waals surface area contributed by atoms with E-state index in [4.69, 9.17) is 14.7 Å². The third-order valence-corrected chi connectivity index (χ3v) is 9.69. The summed E-state index contributed by atoms with van der Waals surface area (Å²) in [7, 11) is 0. The standard InChI is InChI=1S/C29H35BrF2N8O/c1-17-14-38(18(2)13-37(17)25(21-11-29(31,32)12-21)20-6-8-22(30)9-7-20)26-24-27(40-16-33-36-28(40)35-26)39(19(3)34-24)15-23-5-4-10-41-23/h6-9,16-18,21,23,25H,4-5,10-15H2,1-3H3/t17-,18+,23+,25?/m1/s1. The maximum atomic E-state index is 14.1. The number of rotatable bonds is 6. The van der Waals surface area contributed by atoms with E-state index in [9.17, 15) is 8.78 Å².